The van der Waals surface area contributed by atoms with E-state index in [9.17, 15) is 18.0 Å². The number of nitrogens with zero attached hydrogens (tertiary/aromatic N) is 1. The molecule has 0 aliphatic carbocycles. The van der Waals surface area contributed by atoms with Crippen LogP contribution in [0.25, 0.3) is 0 Å². The fraction of sp³-hybridized carbons (Fsp3) is 0.423. The molecule has 32 heavy (non-hydrogen) atoms. The zero-order valence-electron chi connectivity index (χ0n) is 20.6. The summed E-state index contributed by atoms with van der Waals surface area (Å²) in [6.45, 7) is 19.4. The highest BCUT2D eigenvalue weighted by Crippen LogP contribution is 2.30. The molecule has 0 saturated heterocycles. The number of carbonyl (C=O) groups is 1. The lowest BCUT2D eigenvalue weighted by Crippen LogP contribution is -2.18. The molecule has 0 radical (unpaired) electrons. The number of Topliss-reactive ketones (excluding diaryl/α,β-unsaturated/α-hetero) is 1. The number of aryl methyl sites for hydroxylation is 1. The molecule has 178 valence electrons. The molecule has 0 fully saturated rings. The summed E-state index contributed by atoms with van der Waals surface area (Å²) in [6.07, 6.45) is -4.67. The largest absolute Gasteiger partial charge is 0.573 e. The predicted molar refractivity (Wildman–Crippen MR) is 128 cm³/mol. The van der Waals surface area contributed by atoms with E-state index >= 15 is 0 Å². The van der Waals surface area contributed by atoms with E-state index in [1.165, 1.54) is 17.7 Å². The molecule has 3 nitrogen and oxygen atoms in total. The fourth-order valence-electron chi connectivity index (χ4n) is 2.56. The van der Waals surface area contributed by atoms with Crippen molar-refractivity contribution in [3.8, 4) is 5.75 Å². The molecule has 0 aliphatic rings. The fourth-order valence-corrected chi connectivity index (χ4v) is 2.56. The van der Waals surface area contributed by atoms with Gasteiger partial charge >= 0.3 is 6.36 Å². The predicted octanol–water partition coefficient (Wildman–Crippen LogP) is 8.08. The number of alkyl halides is 3. The minimum absolute atomic E-state index is 0.125. The second-order valence-electron chi connectivity index (χ2n) is 8.17. The number of hydrogen-bond acceptors (Lipinski definition) is 3. The number of ketones is 1. The van der Waals surface area contributed by atoms with Crippen LogP contribution in [0, 0.1) is 6.92 Å². The number of benzene rings is 2. The van der Waals surface area contributed by atoms with Crippen molar-refractivity contribution in [2.75, 3.05) is 11.9 Å². The topological polar surface area (TPSA) is 29.5 Å². The molecule has 0 atom stereocenters. The van der Waals surface area contributed by atoms with Crippen LogP contribution in [0.2, 0.25) is 0 Å². The molecule has 0 heterocycles. The maximum atomic E-state index is 12.1. The van der Waals surface area contributed by atoms with E-state index in [0.29, 0.717) is 5.69 Å². The van der Waals surface area contributed by atoms with Crippen molar-refractivity contribution in [3.63, 3.8) is 0 Å². The van der Waals surface area contributed by atoms with Crippen LogP contribution in [-0.2, 0) is 5.41 Å². The summed E-state index contributed by atoms with van der Waals surface area (Å²) in [4.78, 5) is 12.7. The van der Waals surface area contributed by atoms with Crippen LogP contribution in [0.4, 0.5) is 18.9 Å². The Balaban J connectivity index is 0.000000574. The van der Waals surface area contributed by atoms with E-state index in [4.69, 9.17) is 0 Å². The highest BCUT2D eigenvalue weighted by molar-refractivity contribution is 5.94. The first kappa shape index (κ1) is 29.2. The summed E-state index contributed by atoms with van der Waals surface area (Å²) < 4.78 is 40.1. The lowest BCUT2D eigenvalue weighted by Gasteiger charge is -2.22. The molecule has 0 N–H and O–H groups in total. The lowest BCUT2D eigenvalue weighted by atomic mass is 9.86. The van der Waals surface area contributed by atoms with E-state index in [1.807, 2.05) is 45.0 Å². The van der Waals surface area contributed by atoms with Gasteiger partial charge in [-0.1, -0.05) is 71.5 Å². The van der Waals surface area contributed by atoms with E-state index in [-0.39, 0.29) is 16.9 Å². The highest BCUT2D eigenvalue weighted by Gasteiger charge is 2.31. The number of ether oxygens (including phenoxy) is 1. The number of carbonyl (C=O) groups excluding carboxylic acids is 1. The van der Waals surface area contributed by atoms with Gasteiger partial charge in [-0.15, -0.1) is 13.2 Å². The van der Waals surface area contributed by atoms with Gasteiger partial charge in [-0.3, -0.25) is 4.79 Å². The van der Waals surface area contributed by atoms with Crippen LogP contribution < -0.4 is 9.64 Å². The molecular formula is C26H36F3NO2. The Morgan fingerprint density at radius 3 is 1.84 bits per heavy atom. The quantitative estimate of drug-likeness (QED) is 0.440. The molecule has 0 amide bonds. The normalized spacial score (nSPS) is 10.8. The average molecular weight is 452 g/mol. The zero-order chi connectivity index (χ0) is 25.3. The molecule has 6 heteroatoms. The van der Waals surface area contributed by atoms with Crippen molar-refractivity contribution in [2.24, 2.45) is 0 Å². The first-order valence-electron chi connectivity index (χ1n) is 10.5. The van der Waals surface area contributed by atoms with Crippen LogP contribution in [0.3, 0.4) is 0 Å². The maximum absolute atomic E-state index is 12.1. The van der Waals surface area contributed by atoms with Gasteiger partial charge in [-0.2, -0.15) is 0 Å². The van der Waals surface area contributed by atoms with Crippen molar-refractivity contribution >= 4 is 11.5 Å². The molecular weight excluding hydrogens is 415 g/mol. The molecule has 0 saturated carbocycles. The van der Waals surface area contributed by atoms with Crippen molar-refractivity contribution < 1.29 is 22.7 Å². The number of halogens is 3. The van der Waals surface area contributed by atoms with Gasteiger partial charge in [0.1, 0.15) is 5.75 Å². The summed E-state index contributed by atoms with van der Waals surface area (Å²) in [5, 5.41) is 0. The van der Waals surface area contributed by atoms with Crippen LogP contribution in [0.5, 0.6) is 5.75 Å². The summed E-state index contributed by atoms with van der Waals surface area (Å²) in [5.41, 5.74) is 4.43. The number of rotatable bonds is 4. The Bertz CT molecular complexity index is 879. The van der Waals surface area contributed by atoms with E-state index < -0.39 is 6.36 Å². The summed E-state index contributed by atoms with van der Waals surface area (Å²) in [5.74, 6) is -0.105. The van der Waals surface area contributed by atoms with Gasteiger partial charge in [0.2, 0.25) is 0 Å². The van der Waals surface area contributed by atoms with Crippen LogP contribution in [0.15, 0.2) is 54.7 Å². The number of hydrogen-bond donors (Lipinski definition) is 0. The van der Waals surface area contributed by atoms with E-state index in [0.717, 1.165) is 16.8 Å². The van der Waals surface area contributed by atoms with Crippen molar-refractivity contribution in [2.45, 2.75) is 67.2 Å². The monoisotopic (exact) mass is 451 g/mol. The van der Waals surface area contributed by atoms with Gasteiger partial charge in [0.25, 0.3) is 0 Å². The minimum Gasteiger partial charge on any atom is -0.406 e. The van der Waals surface area contributed by atoms with Gasteiger partial charge in [0, 0.05) is 30.1 Å². The van der Waals surface area contributed by atoms with Gasteiger partial charge in [-0.05, 0) is 43.4 Å². The first-order chi connectivity index (χ1) is 14.6. The van der Waals surface area contributed by atoms with Crippen LogP contribution in [0.1, 0.15) is 70.0 Å². The molecule has 0 aromatic heterocycles. The standard InChI is InChI=1S/C12H14F3NO.C12H16O.C2H6/c1-8(2)16(4)11-7-10(6-5-9(11)3)17-12(13,14)15;1-9(13)10-5-7-11(8-6-10)12(2,3)4;1-2/h5-7H,1H2,2-4H3;5-8H,1-4H3;1-2H3. The summed E-state index contributed by atoms with van der Waals surface area (Å²) in [6, 6.07) is 12.0. The smallest absolute Gasteiger partial charge is 0.406 e. The van der Waals surface area contributed by atoms with E-state index in [1.54, 1.807) is 31.9 Å². The first-order valence-corrected chi connectivity index (χ1v) is 10.5. The molecule has 0 bridgehead atoms. The van der Waals surface area contributed by atoms with Crippen molar-refractivity contribution in [3.05, 3.63) is 71.4 Å². The minimum atomic E-state index is -4.67. The third-order valence-electron chi connectivity index (χ3n) is 4.51. The van der Waals surface area contributed by atoms with Gasteiger partial charge in [-0.25, -0.2) is 0 Å². The van der Waals surface area contributed by atoms with Crippen LogP contribution >= 0.6 is 0 Å². The average Bonchev–Trinajstić information content (AvgIpc) is 2.69. The second-order valence-corrected chi connectivity index (χ2v) is 8.17. The Kier molecular flexibility index (Phi) is 11.3. The number of anilines is 1. The second kappa shape index (κ2) is 12.3. The molecule has 2 rings (SSSR count). The number of allylic oxidation sites excluding steroid dienone is 1. The van der Waals surface area contributed by atoms with Crippen molar-refractivity contribution in [1.29, 1.82) is 0 Å². The Morgan fingerprint density at radius 1 is 0.969 bits per heavy atom. The van der Waals surface area contributed by atoms with E-state index in [2.05, 4.69) is 32.1 Å². The summed E-state index contributed by atoms with van der Waals surface area (Å²) >= 11 is 0. The third kappa shape index (κ3) is 10.0. The lowest BCUT2D eigenvalue weighted by molar-refractivity contribution is -0.274. The SMILES string of the molecule is C=C(C)N(C)c1cc(OC(F)(F)F)ccc1C.CC.CC(=O)c1ccc(C(C)(C)C)cc1. The van der Waals surface area contributed by atoms with Crippen molar-refractivity contribution in [1.82, 2.24) is 0 Å². The van der Waals surface area contributed by atoms with Crippen LogP contribution in [-0.4, -0.2) is 19.2 Å². The van der Waals surface area contributed by atoms with Gasteiger partial charge in [0.15, 0.2) is 5.78 Å². The Hall–Kier alpha value is -2.76. The zero-order valence-corrected chi connectivity index (χ0v) is 20.6. The highest BCUT2D eigenvalue weighted by atomic mass is 19.4. The third-order valence-corrected chi connectivity index (χ3v) is 4.51. The van der Waals surface area contributed by atoms with Gasteiger partial charge < -0.3 is 9.64 Å². The molecule has 0 spiro atoms. The maximum Gasteiger partial charge on any atom is 0.573 e. The molecule has 0 unspecified atom stereocenters. The molecule has 2 aromatic rings. The molecule has 0 aliphatic heterocycles. The Labute approximate surface area is 190 Å². The van der Waals surface area contributed by atoms with Gasteiger partial charge in [0.05, 0.1) is 0 Å². The Morgan fingerprint density at radius 2 is 1.47 bits per heavy atom. The summed E-state index contributed by atoms with van der Waals surface area (Å²) in [7, 11) is 1.74. The molecule has 2 aromatic carbocycles.